The van der Waals surface area contributed by atoms with Gasteiger partial charge in [-0.05, 0) is 43.9 Å². The molecular formula is C14H19N3O4S. The Labute approximate surface area is 129 Å². The van der Waals surface area contributed by atoms with Gasteiger partial charge in [-0.15, -0.1) is 0 Å². The maximum atomic E-state index is 12.8. The van der Waals surface area contributed by atoms with Gasteiger partial charge in [0.05, 0.1) is 9.82 Å². The summed E-state index contributed by atoms with van der Waals surface area (Å²) < 4.78 is 27.2. The van der Waals surface area contributed by atoms with Crippen LogP contribution in [0.25, 0.3) is 0 Å². The number of sulfonamides is 1. The van der Waals surface area contributed by atoms with E-state index in [2.05, 4.69) is 5.32 Å². The summed E-state index contributed by atoms with van der Waals surface area (Å²) in [6, 6.07) is 4.34. The van der Waals surface area contributed by atoms with Crippen LogP contribution in [-0.2, 0) is 10.0 Å². The number of nitrogens with one attached hydrogen (secondary N) is 1. The first kappa shape index (κ1) is 15.4. The molecule has 2 heterocycles. The summed E-state index contributed by atoms with van der Waals surface area (Å²) in [4.78, 5) is 10.4. The van der Waals surface area contributed by atoms with Crippen molar-refractivity contribution >= 4 is 15.7 Å². The lowest BCUT2D eigenvalue weighted by atomic mass is 9.95. The second-order valence-electron chi connectivity index (χ2n) is 5.97. The van der Waals surface area contributed by atoms with Gasteiger partial charge in [-0.2, -0.15) is 4.31 Å². The number of aryl methyl sites for hydroxylation is 1. The van der Waals surface area contributed by atoms with Crippen molar-refractivity contribution < 1.29 is 13.3 Å². The van der Waals surface area contributed by atoms with E-state index < -0.39 is 14.9 Å². The van der Waals surface area contributed by atoms with Crippen LogP contribution in [0.4, 0.5) is 5.69 Å². The van der Waals surface area contributed by atoms with Crippen LogP contribution >= 0.6 is 0 Å². The minimum absolute atomic E-state index is 0.0878. The summed E-state index contributed by atoms with van der Waals surface area (Å²) in [7, 11) is -3.59. The molecule has 8 heteroatoms. The predicted molar refractivity (Wildman–Crippen MR) is 81.1 cm³/mol. The van der Waals surface area contributed by atoms with Crippen molar-refractivity contribution in [2.45, 2.75) is 30.7 Å². The van der Waals surface area contributed by atoms with E-state index in [-0.39, 0.29) is 10.6 Å². The Morgan fingerprint density at radius 2 is 2.14 bits per heavy atom. The fourth-order valence-electron chi connectivity index (χ4n) is 3.41. The van der Waals surface area contributed by atoms with E-state index in [9.17, 15) is 18.5 Å². The summed E-state index contributed by atoms with van der Waals surface area (Å²) >= 11 is 0. The van der Waals surface area contributed by atoms with Crippen molar-refractivity contribution in [2.24, 2.45) is 5.92 Å². The Morgan fingerprint density at radius 3 is 2.82 bits per heavy atom. The Morgan fingerprint density at radius 1 is 1.36 bits per heavy atom. The van der Waals surface area contributed by atoms with Gasteiger partial charge in [-0.1, -0.05) is 0 Å². The zero-order chi connectivity index (χ0) is 15.9. The molecule has 2 aliphatic heterocycles. The second kappa shape index (κ2) is 5.60. The molecule has 1 aromatic rings. The normalized spacial score (nSPS) is 25.9. The van der Waals surface area contributed by atoms with Gasteiger partial charge in [0.15, 0.2) is 0 Å². The van der Waals surface area contributed by atoms with Gasteiger partial charge in [0.2, 0.25) is 10.0 Å². The average Bonchev–Trinajstić information content (AvgIpc) is 2.94. The lowest BCUT2D eigenvalue weighted by Crippen LogP contribution is -2.46. The number of benzene rings is 1. The molecule has 0 saturated carbocycles. The van der Waals surface area contributed by atoms with Gasteiger partial charge in [0.25, 0.3) is 5.69 Å². The number of rotatable bonds is 3. The highest BCUT2D eigenvalue weighted by Crippen LogP contribution is 2.30. The molecule has 0 aromatic heterocycles. The third kappa shape index (κ3) is 2.62. The van der Waals surface area contributed by atoms with Crippen LogP contribution in [-0.4, -0.2) is 43.3 Å². The molecule has 2 aliphatic rings. The summed E-state index contributed by atoms with van der Waals surface area (Å²) in [5.41, 5.74) is 0.330. The summed E-state index contributed by atoms with van der Waals surface area (Å²) in [5, 5.41) is 14.2. The average molecular weight is 325 g/mol. The van der Waals surface area contributed by atoms with Gasteiger partial charge in [-0.25, -0.2) is 8.42 Å². The van der Waals surface area contributed by atoms with Gasteiger partial charge >= 0.3 is 0 Å². The standard InChI is InChI=1S/C14H19N3O4S/c1-10-8-12(17(18)19)2-3-14(10)22(20,21)16-7-5-13-11(9-16)4-6-15-13/h2-3,8,11,13,15H,4-7,9H2,1H3. The van der Waals surface area contributed by atoms with E-state index in [1.54, 1.807) is 6.92 Å². The van der Waals surface area contributed by atoms with E-state index in [1.165, 1.54) is 22.5 Å². The highest BCUT2D eigenvalue weighted by atomic mass is 32.2. The maximum Gasteiger partial charge on any atom is 0.269 e. The van der Waals surface area contributed by atoms with Crippen molar-refractivity contribution in [3.05, 3.63) is 33.9 Å². The number of nitro benzene ring substituents is 1. The molecule has 0 amide bonds. The molecule has 0 aliphatic carbocycles. The Balaban J connectivity index is 1.88. The van der Waals surface area contributed by atoms with Gasteiger partial charge in [0.1, 0.15) is 0 Å². The van der Waals surface area contributed by atoms with Crippen molar-refractivity contribution in [1.82, 2.24) is 9.62 Å². The Kier molecular flexibility index (Phi) is 3.92. The van der Waals surface area contributed by atoms with Crippen molar-refractivity contribution in [2.75, 3.05) is 19.6 Å². The fourth-order valence-corrected chi connectivity index (χ4v) is 5.13. The Bertz CT molecular complexity index is 704. The first-order chi connectivity index (χ1) is 10.4. The summed E-state index contributed by atoms with van der Waals surface area (Å²) in [6.45, 7) is 3.56. The molecular weight excluding hydrogens is 306 g/mol. The second-order valence-corrected chi connectivity index (χ2v) is 7.87. The van der Waals surface area contributed by atoms with Crippen LogP contribution in [0.15, 0.2) is 23.1 Å². The molecule has 3 rings (SSSR count). The number of nitro groups is 1. The lowest BCUT2D eigenvalue weighted by Gasteiger charge is -2.34. The Hall–Kier alpha value is -1.51. The van der Waals surface area contributed by atoms with Gasteiger partial charge < -0.3 is 5.32 Å². The molecule has 2 unspecified atom stereocenters. The van der Waals surface area contributed by atoms with Crippen LogP contribution < -0.4 is 5.32 Å². The molecule has 22 heavy (non-hydrogen) atoms. The molecule has 1 N–H and O–H groups in total. The van der Waals surface area contributed by atoms with E-state index in [1.807, 2.05) is 0 Å². The lowest BCUT2D eigenvalue weighted by molar-refractivity contribution is -0.385. The zero-order valence-corrected chi connectivity index (χ0v) is 13.2. The van der Waals surface area contributed by atoms with Crippen LogP contribution in [0.1, 0.15) is 18.4 Å². The molecule has 1 aromatic carbocycles. The number of hydrogen-bond acceptors (Lipinski definition) is 5. The first-order valence-corrected chi connectivity index (χ1v) is 8.82. The fraction of sp³-hybridized carbons (Fsp3) is 0.571. The maximum absolute atomic E-state index is 12.8. The van der Waals surface area contributed by atoms with E-state index in [0.29, 0.717) is 30.6 Å². The molecule has 120 valence electrons. The monoisotopic (exact) mass is 325 g/mol. The van der Waals surface area contributed by atoms with Crippen molar-refractivity contribution in [3.8, 4) is 0 Å². The number of hydrogen-bond donors (Lipinski definition) is 1. The highest BCUT2D eigenvalue weighted by Gasteiger charge is 2.38. The highest BCUT2D eigenvalue weighted by molar-refractivity contribution is 7.89. The third-order valence-electron chi connectivity index (χ3n) is 4.61. The van der Waals surface area contributed by atoms with Gasteiger partial charge in [-0.3, -0.25) is 10.1 Å². The number of non-ortho nitro benzene ring substituents is 1. The first-order valence-electron chi connectivity index (χ1n) is 7.38. The molecule has 0 radical (unpaired) electrons. The minimum Gasteiger partial charge on any atom is -0.314 e. The minimum atomic E-state index is -3.59. The van der Waals surface area contributed by atoms with Crippen LogP contribution in [0, 0.1) is 23.0 Å². The third-order valence-corrected chi connectivity index (χ3v) is 6.63. The predicted octanol–water partition coefficient (Wildman–Crippen LogP) is 1.28. The van der Waals surface area contributed by atoms with Crippen LogP contribution in [0.3, 0.4) is 0 Å². The molecule has 2 atom stereocenters. The zero-order valence-electron chi connectivity index (χ0n) is 12.4. The summed E-state index contributed by atoms with van der Waals surface area (Å²) in [6.07, 6.45) is 1.81. The molecule has 7 nitrogen and oxygen atoms in total. The topological polar surface area (TPSA) is 92.5 Å². The van der Waals surface area contributed by atoms with Crippen molar-refractivity contribution in [1.29, 1.82) is 0 Å². The molecule has 0 bridgehead atoms. The van der Waals surface area contributed by atoms with E-state index in [0.717, 1.165) is 19.4 Å². The van der Waals surface area contributed by atoms with Crippen molar-refractivity contribution in [3.63, 3.8) is 0 Å². The number of nitrogens with zero attached hydrogens (tertiary/aromatic N) is 2. The number of piperidine rings is 1. The van der Waals surface area contributed by atoms with E-state index >= 15 is 0 Å². The SMILES string of the molecule is Cc1cc([N+](=O)[O-])ccc1S(=O)(=O)N1CCC2NCCC2C1. The van der Waals surface area contributed by atoms with E-state index in [4.69, 9.17) is 0 Å². The molecule has 2 saturated heterocycles. The largest absolute Gasteiger partial charge is 0.314 e. The smallest absolute Gasteiger partial charge is 0.269 e. The quantitative estimate of drug-likeness (QED) is 0.667. The molecule has 0 spiro atoms. The molecule has 2 fully saturated rings. The van der Waals surface area contributed by atoms with Gasteiger partial charge in [0, 0.05) is 31.3 Å². The summed E-state index contributed by atoms with van der Waals surface area (Å²) in [5.74, 6) is 0.363. The number of fused-ring (bicyclic) bond motifs is 1. The van der Waals surface area contributed by atoms with Crippen LogP contribution in [0.2, 0.25) is 0 Å². The van der Waals surface area contributed by atoms with Crippen LogP contribution in [0.5, 0.6) is 0 Å².